The van der Waals surface area contributed by atoms with Gasteiger partial charge in [-0.05, 0) is 49.8 Å². The van der Waals surface area contributed by atoms with Gasteiger partial charge in [-0.2, -0.15) is 0 Å². The van der Waals surface area contributed by atoms with Gasteiger partial charge in [0, 0.05) is 12.1 Å². The van der Waals surface area contributed by atoms with Gasteiger partial charge in [0.15, 0.2) is 12.0 Å². The largest absolute Gasteiger partial charge is 0.491 e. The second-order valence-electron chi connectivity index (χ2n) is 5.48. The second-order valence-corrected chi connectivity index (χ2v) is 5.48. The lowest BCUT2D eigenvalue weighted by Crippen LogP contribution is -2.05. The summed E-state index contributed by atoms with van der Waals surface area (Å²) in [6.45, 7) is 3.93. The second kappa shape index (κ2) is 7.00. The van der Waals surface area contributed by atoms with E-state index in [4.69, 9.17) is 13.9 Å². The van der Waals surface area contributed by atoms with Crippen molar-refractivity contribution in [2.24, 2.45) is 0 Å². The lowest BCUT2D eigenvalue weighted by Gasteiger charge is -2.09. The van der Waals surface area contributed by atoms with Crippen LogP contribution in [-0.2, 0) is 4.79 Å². The van der Waals surface area contributed by atoms with Crippen LogP contribution < -0.4 is 9.47 Å². The molecule has 0 saturated carbocycles. The SMILES string of the molecule is CC(C)Oc1cccc(/C=C/C(=O)Oc2ccc3ocnc3c2)c1. The maximum atomic E-state index is 11.9. The van der Waals surface area contributed by atoms with Gasteiger partial charge in [0.25, 0.3) is 0 Å². The van der Waals surface area contributed by atoms with Gasteiger partial charge in [-0.3, -0.25) is 0 Å². The number of ether oxygens (including phenoxy) is 2. The summed E-state index contributed by atoms with van der Waals surface area (Å²) in [6, 6.07) is 12.5. The van der Waals surface area contributed by atoms with Gasteiger partial charge >= 0.3 is 5.97 Å². The molecule has 0 aliphatic carbocycles. The highest BCUT2D eigenvalue weighted by atomic mass is 16.5. The van der Waals surface area contributed by atoms with Crippen LogP contribution in [-0.4, -0.2) is 17.1 Å². The smallest absolute Gasteiger partial charge is 0.336 e. The van der Waals surface area contributed by atoms with Crippen LogP contribution in [0.3, 0.4) is 0 Å². The molecule has 5 nitrogen and oxygen atoms in total. The Morgan fingerprint density at radius 3 is 2.88 bits per heavy atom. The molecule has 1 heterocycles. The van der Waals surface area contributed by atoms with Gasteiger partial charge in [-0.15, -0.1) is 0 Å². The Morgan fingerprint density at radius 1 is 1.17 bits per heavy atom. The molecule has 122 valence electrons. The molecule has 0 amide bonds. The zero-order valence-corrected chi connectivity index (χ0v) is 13.4. The Morgan fingerprint density at radius 2 is 2.04 bits per heavy atom. The molecular formula is C19H17NO4. The average molecular weight is 323 g/mol. The normalized spacial score (nSPS) is 11.3. The molecule has 2 aromatic carbocycles. The molecule has 0 unspecified atom stereocenters. The highest BCUT2D eigenvalue weighted by Crippen LogP contribution is 2.20. The average Bonchev–Trinajstić information content (AvgIpc) is 3.00. The van der Waals surface area contributed by atoms with Crippen molar-refractivity contribution in [3.8, 4) is 11.5 Å². The molecule has 0 spiro atoms. The maximum absolute atomic E-state index is 11.9. The molecule has 24 heavy (non-hydrogen) atoms. The third-order valence-electron chi connectivity index (χ3n) is 3.16. The number of hydrogen-bond donors (Lipinski definition) is 0. The van der Waals surface area contributed by atoms with Crippen molar-refractivity contribution < 1.29 is 18.7 Å². The molecule has 3 aromatic rings. The van der Waals surface area contributed by atoms with Crippen LogP contribution in [0.1, 0.15) is 19.4 Å². The monoisotopic (exact) mass is 323 g/mol. The fourth-order valence-corrected chi connectivity index (χ4v) is 2.18. The Balaban J connectivity index is 1.66. The maximum Gasteiger partial charge on any atom is 0.336 e. The van der Waals surface area contributed by atoms with Gasteiger partial charge in [0.2, 0.25) is 0 Å². The van der Waals surface area contributed by atoms with Crippen molar-refractivity contribution in [2.75, 3.05) is 0 Å². The number of aromatic nitrogens is 1. The first-order valence-electron chi connectivity index (χ1n) is 7.60. The number of oxazole rings is 1. The molecule has 0 N–H and O–H groups in total. The van der Waals surface area contributed by atoms with E-state index in [0.717, 1.165) is 11.3 Å². The Bertz CT molecular complexity index is 880. The van der Waals surface area contributed by atoms with Crippen LogP contribution >= 0.6 is 0 Å². The minimum atomic E-state index is -0.465. The number of fused-ring (bicyclic) bond motifs is 1. The first-order valence-corrected chi connectivity index (χ1v) is 7.60. The summed E-state index contributed by atoms with van der Waals surface area (Å²) in [7, 11) is 0. The quantitative estimate of drug-likeness (QED) is 0.399. The van der Waals surface area contributed by atoms with Gasteiger partial charge < -0.3 is 13.9 Å². The van der Waals surface area contributed by atoms with Crippen LogP contribution in [0.5, 0.6) is 11.5 Å². The van der Waals surface area contributed by atoms with Gasteiger partial charge in [0.1, 0.15) is 17.0 Å². The van der Waals surface area contributed by atoms with E-state index in [0.29, 0.717) is 16.8 Å². The molecule has 0 radical (unpaired) electrons. The summed E-state index contributed by atoms with van der Waals surface area (Å²) in [5.74, 6) is 0.716. The van der Waals surface area contributed by atoms with Crippen molar-refractivity contribution in [1.29, 1.82) is 0 Å². The van der Waals surface area contributed by atoms with Crippen molar-refractivity contribution in [3.63, 3.8) is 0 Å². The van der Waals surface area contributed by atoms with E-state index in [1.54, 1.807) is 24.3 Å². The van der Waals surface area contributed by atoms with Crippen LogP contribution in [0.25, 0.3) is 17.2 Å². The zero-order valence-electron chi connectivity index (χ0n) is 13.4. The van der Waals surface area contributed by atoms with Crippen LogP contribution in [0.4, 0.5) is 0 Å². The van der Waals surface area contributed by atoms with E-state index in [-0.39, 0.29) is 6.10 Å². The number of esters is 1. The molecule has 0 bridgehead atoms. The molecule has 0 saturated heterocycles. The predicted molar refractivity (Wildman–Crippen MR) is 90.9 cm³/mol. The highest BCUT2D eigenvalue weighted by Gasteiger charge is 2.05. The molecule has 0 fully saturated rings. The summed E-state index contributed by atoms with van der Waals surface area (Å²) >= 11 is 0. The van der Waals surface area contributed by atoms with E-state index in [1.165, 1.54) is 12.5 Å². The third kappa shape index (κ3) is 4.01. The number of carbonyl (C=O) groups is 1. The third-order valence-corrected chi connectivity index (χ3v) is 3.16. The van der Waals surface area contributed by atoms with E-state index < -0.39 is 5.97 Å². The number of benzene rings is 2. The van der Waals surface area contributed by atoms with Gasteiger partial charge in [-0.1, -0.05) is 12.1 Å². The fraction of sp³-hybridized carbons (Fsp3) is 0.158. The number of nitrogens with zero attached hydrogens (tertiary/aromatic N) is 1. The van der Waals surface area contributed by atoms with Crippen LogP contribution in [0.2, 0.25) is 0 Å². The summed E-state index contributed by atoms with van der Waals surface area (Å²) < 4.78 is 16.0. The molecule has 1 aromatic heterocycles. The van der Waals surface area contributed by atoms with E-state index in [2.05, 4.69) is 4.98 Å². The minimum absolute atomic E-state index is 0.0978. The van der Waals surface area contributed by atoms with E-state index >= 15 is 0 Å². The van der Waals surface area contributed by atoms with E-state index in [9.17, 15) is 4.79 Å². The van der Waals surface area contributed by atoms with E-state index in [1.807, 2.05) is 38.1 Å². The van der Waals surface area contributed by atoms with Gasteiger partial charge in [-0.25, -0.2) is 9.78 Å². The summed E-state index contributed by atoms with van der Waals surface area (Å²) in [5.41, 5.74) is 2.15. The van der Waals surface area contributed by atoms with Gasteiger partial charge in [0.05, 0.1) is 6.10 Å². The number of carbonyl (C=O) groups excluding carboxylic acids is 1. The minimum Gasteiger partial charge on any atom is -0.491 e. The lowest BCUT2D eigenvalue weighted by atomic mass is 10.2. The molecule has 0 aliphatic rings. The molecule has 3 rings (SSSR count). The predicted octanol–water partition coefficient (Wildman–Crippen LogP) is 4.23. The van der Waals surface area contributed by atoms with Crippen molar-refractivity contribution >= 4 is 23.1 Å². The van der Waals surface area contributed by atoms with Crippen LogP contribution in [0, 0.1) is 0 Å². The standard InChI is InChI=1S/C19H17NO4/c1-13(2)23-15-5-3-4-14(10-15)6-9-19(21)24-16-7-8-18-17(11-16)20-12-22-18/h3-13H,1-2H3/b9-6+. The summed E-state index contributed by atoms with van der Waals surface area (Å²) in [6.07, 6.45) is 4.51. The number of hydrogen-bond acceptors (Lipinski definition) is 5. The van der Waals surface area contributed by atoms with Crippen LogP contribution in [0.15, 0.2) is 59.4 Å². The highest BCUT2D eigenvalue weighted by molar-refractivity contribution is 5.89. The topological polar surface area (TPSA) is 61.6 Å². The molecule has 5 heteroatoms. The van der Waals surface area contributed by atoms with Crippen molar-refractivity contribution in [2.45, 2.75) is 20.0 Å². The van der Waals surface area contributed by atoms with Crippen molar-refractivity contribution in [3.05, 3.63) is 60.5 Å². The van der Waals surface area contributed by atoms with Crippen molar-refractivity contribution in [1.82, 2.24) is 4.98 Å². The first-order chi connectivity index (χ1) is 11.6. The Hall–Kier alpha value is -3.08. The lowest BCUT2D eigenvalue weighted by molar-refractivity contribution is -0.128. The number of rotatable bonds is 5. The Kier molecular flexibility index (Phi) is 4.61. The molecule has 0 aliphatic heterocycles. The summed E-state index contributed by atoms with van der Waals surface area (Å²) in [5, 5.41) is 0. The molecule has 0 atom stereocenters. The summed E-state index contributed by atoms with van der Waals surface area (Å²) in [4.78, 5) is 16.0. The Labute approximate surface area is 139 Å². The zero-order chi connectivity index (χ0) is 16.9. The molecular weight excluding hydrogens is 306 g/mol. The fourth-order valence-electron chi connectivity index (χ4n) is 2.18. The first kappa shape index (κ1) is 15.8.